The van der Waals surface area contributed by atoms with Gasteiger partial charge in [0.15, 0.2) is 0 Å². The van der Waals surface area contributed by atoms with Crippen LogP contribution in [0.3, 0.4) is 0 Å². The van der Waals surface area contributed by atoms with Gasteiger partial charge in [-0.15, -0.1) is 13.2 Å². The summed E-state index contributed by atoms with van der Waals surface area (Å²) in [6, 6.07) is 6.90. The van der Waals surface area contributed by atoms with Gasteiger partial charge in [-0.2, -0.15) is 0 Å². The van der Waals surface area contributed by atoms with Crippen molar-refractivity contribution in [3.63, 3.8) is 0 Å². The van der Waals surface area contributed by atoms with E-state index in [4.69, 9.17) is 0 Å². The van der Waals surface area contributed by atoms with E-state index in [0.29, 0.717) is 30.8 Å². The molecule has 0 heterocycles. The van der Waals surface area contributed by atoms with Gasteiger partial charge >= 0.3 is 0 Å². The first-order valence-corrected chi connectivity index (χ1v) is 7.68. The molecule has 1 aromatic rings. The largest absolute Gasteiger partial charge is 0.331 e. The highest BCUT2D eigenvalue weighted by Crippen LogP contribution is 2.12. The van der Waals surface area contributed by atoms with Gasteiger partial charge < -0.3 is 15.5 Å². The van der Waals surface area contributed by atoms with Crippen molar-refractivity contribution in [3.8, 4) is 0 Å². The van der Waals surface area contributed by atoms with E-state index in [1.807, 2.05) is 7.05 Å². The zero-order valence-electron chi connectivity index (χ0n) is 13.7. The first kappa shape index (κ1) is 18.6. The van der Waals surface area contributed by atoms with Crippen molar-refractivity contribution < 1.29 is 9.59 Å². The van der Waals surface area contributed by atoms with E-state index in [2.05, 4.69) is 23.8 Å². The summed E-state index contributed by atoms with van der Waals surface area (Å²) in [5, 5.41) is 5.82. The van der Waals surface area contributed by atoms with Crippen LogP contribution in [0.4, 0.5) is 5.69 Å². The van der Waals surface area contributed by atoms with Crippen molar-refractivity contribution >= 4 is 17.5 Å². The first-order valence-electron chi connectivity index (χ1n) is 7.68. The summed E-state index contributed by atoms with van der Waals surface area (Å²) in [6.45, 7) is 9.06. The fraction of sp³-hybridized carbons (Fsp3) is 0.333. The molecule has 2 N–H and O–H groups in total. The zero-order chi connectivity index (χ0) is 17.1. The highest BCUT2D eigenvalue weighted by atomic mass is 16.2. The van der Waals surface area contributed by atoms with Crippen LogP contribution in [0.15, 0.2) is 49.6 Å². The summed E-state index contributed by atoms with van der Waals surface area (Å²) in [7, 11) is 1.86. The maximum Gasteiger partial charge on any atom is 0.254 e. The Bertz CT molecular complexity index is 528. The SMILES string of the molecule is C=CCN(CC=C)C(=O)c1ccc(NC(=O)CCCNC)cc1. The van der Waals surface area contributed by atoms with Crippen molar-refractivity contribution in [2.75, 3.05) is 32.0 Å². The van der Waals surface area contributed by atoms with Crippen molar-refractivity contribution in [3.05, 3.63) is 55.1 Å². The molecule has 2 amide bonds. The topological polar surface area (TPSA) is 61.4 Å². The van der Waals surface area contributed by atoms with Crippen LogP contribution in [0.25, 0.3) is 0 Å². The molecule has 0 saturated heterocycles. The van der Waals surface area contributed by atoms with E-state index in [1.165, 1.54) is 0 Å². The van der Waals surface area contributed by atoms with E-state index >= 15 is 0 Å². The lowest BCUT2D eigenvalue weighted by Gasteiger charge is -2.19. The van der Waals surface area contributed by atoms with Gasteiger partial charge in [0.05, 0.1) is 0 Å². The Labute approximate surface area is 138 Å². The molecule has 1 rings (SSSR count). The number of rotatable bonds is 10. The predicted molar refractivity (Wildman–Crippen MR) is 94.5 cm³/mol. The number of carbonyl (C=O) groups is 2. The Morgan fingerprint density at radius 1 is 1.13 bits per heavy atom. The Hall–Kier alpha value is -2.40. The molecule has 0 saturated carbocycles. The molecule has 0 aliphatic heterocycles. The van der Waals surface area contributed by atoms with Gasteiger partial charge in [-0.3, -0.25) is 9.59 Å². The molecule has 1 aromatic carbocycles. The number of amides is 2. The molecule has 5 nitrogen and oxygen atoms in total. The Kier molecular flexibility index (Phi) is 8.39. The standard InChI is InChI=1S/C18H25N3O2/c1-4-13-21(14-5-2)18(23)15-8-10-16(11-9-15)20-17(22)7-6-12-19-3/h4-5,8-11,19H,1-2,6-7,12-14H2,3H3,(H,20,22). The van der Waals surface area contributed by atoms with Gasteiger partial charge in [0, 0.05) is 30.8 Å². The Balaban J connectivity index is 2.64. The zero-order valence-corrected chi connectivity index (χ0v) is 13.7. The number of nitrogens with one attached hydrogen (secondary N) is 2. The lowest BCUT2D eigenvalue weighted by atomic mass is 10.1. The Morgan fingerprint density at radius 3 is 2.26 bits per heavy atom. The van der Waals surface area contributed by atoms with E-state index in [-0.39, 0.29) is 11.8 Å². The van der Waals surface area contributed by atoms with Gasteiger partial charge in [0.2, 0.25) is 5.91 Å². The fourth-order valence-electron chi connectivity index (χ4n) is 2.08. The van der Waals surface area contributed by atoms with Crippen LogP contribution >= 0.6 is 0 Å². The van der Waals surface area contributed by atoms with Gasteiger partial charge in [0.1, 0.15) is 0 Å². The van der Waals surface area contributed by atoms with E-state index < -0.39 is 0 Å². The highest BCUT2D eigenvalue weighted by molar-refractivity contribution is 5.96. The van der Waals surface area contributed by atoms with Crippen LogP contribution in [0.2, 0.25) is 0 Å². The minimum absolute atomic E-state index is 0.0285. The second-order valence-corrected chi connectivity index (χ2v) is 5.12. The maximum atomic E-state index is 12.4. The minimum Gasteiger partial charge on any atom is -0.331 e. The van der Waals surface area contributed by atoms with Gasteiger partial charge in [0.25, 0.3) is 5.91 Å². The second-order valence-electron chi connectivity index (χ2n) is 5.12. The van der Waals surface area contributed by atoms with Gasteiger partial charge in [-0.05, 0) is 44.3 Å². The highest BCUT2D eigenvalue weighted by Gasteiger charge is 2.13. The number of benzene rings is 1. The summed E-state index contributed by atoms with van der Waals surface area (Å²) in [5.41, 5.74) is 1.26. The third-order valence-electron chi connectivity index (χ3n) is 3.23. The molecule has 0 aromatic heterocycles. The molecule has 0 fully saturated rings. The van der Waals surface area contributed by atoms with Crippen molar-refractivity contribution in [2.24, 2.45) is 0 Å². The number of anilines is 1. The smallest absolute Gasteiger partial charge is 0.254 e. The van der Waals surface area contributed by atoms with Crippen molar-refractivity contribution in [1.29, 1.82) is 0 Å². The summed E-state index contributed by atoms with van der Waals surface area (Å²) in [4.78, 5) is 25.8. The van der Waals surface area contributed by atoms with Crippen LogP contribution in [-0.4, -0.2) is 43.4 Å². The van der Waals surface area contributed by atoms with E-state index in [1.54, 1.807) is 41.3 Å². The molecular formula is C18H25N3O2. The molecule has 0 spiro atoms. The molecule has 0 atom stereocenters. The summed E-state index contributed by atoms with van der Waals surface area (Å²) in [6.07, 6.45) is 4.62. The van der Waals surface area contributed by atoms with Crippen LogP contribution in [0.5, 0.6) is 0 Å². The summed E-state index contributed by atoms with van der Waals surface area (Å²) < 4.78 is 0. The van der Waals surface area contributed by atoms with Crippen molar-refractivity contribution in [2.45, 2.75) is 12.8 Å². The van der Waals surface area contributed by atoms with Crippen molar-refractivity contribution in [1.82, 2.24) is 10.2 Å². The Morgan fingerprint density at radius 2 is 1.74 bits per heavy atom. The van der Waals surface area contributed by atoms with Gasteiger partial charge in [-0.25, -0.2) is 0 Å². The number of nitrogens with zero attached hydrogens (tertiary/aromatic N) is 1. The lowest BCUT2D eigenvalue weighted by Crippen LogP contribution is -2.31. The lowest BCUT2D eigenvalue weighted by molar-refractivity contribution is -0.116. The van der Waals surface area contributed by atoms with E-state index in [0.717, 1.165) is 13.0 Å². The quantitative estimate of drug-likeness (QED) is 0.515. The monoisotopic (exact) mass is 315 g/mol. The maximum absolute atomic E-state index is 12.4. The predicted octanol–water partition coefficient (Wildman–Crippen LogP) is 2.44. The minimum atomic E-state index is -0.0864. The number of hydrogen-bond acceptors (Lipinski definition) is 3. The van der Waals surface area contributed by atoms with Crippen LogP contribution < -0.4 is 10.6 Å². The summed E-state index contributed by atoms with van der Waals surface area (Å²) in [5.74, 6) is -0.115. The second kappa shape index (κ2) is 10.3. The molecule has 124 valence electrons. The average Bonchev–Trinajstić information content (AvgIpc) is 2.55. The normalized spacial score (nSPS) is 9.96. The van der Waals surface area contributed by atoms with E-state index in [9.17, 15) is 9.59 Å². The molecular weight excluding hydrogens is 290 g/mol. The molecule has 0 bridgehead atoms. The molecule has 0 aliphatic carbocycles. The number of hydrogen-bond donors (Lipinski definition) is 2. The molecule has 0 unspecified atom stereocenters. The first-order chi connectivity index (χ1) is 11.1. The van der Waals surface area contributed by atoms with Crippen LogP contribution in [0, 0.1) is 0 Å². The van der Waals surface area contributed by atoms with Gasteiger partial charge in [-0.1, -0.05) is 12.2 Å². The summed E-state index contributed by atoms with van der Waals surface area (Å²) >= 11 is 0. The molecule has 23 heavy (non-hydrogen) atoms. The molecule has 0 aliphatic rings. The van der Waals surface area contributed by atoms with Crippen LogP contribution in [-0.2, 0) is 4.79 Å². The number of carbonyl (C=O) groups excluding carboxylic acids is 2. The molecule has 5 heteroatoms. The van der Waals surface area contributed by atoms with Crippen LogP contribution in [0.1, 0.15) is 23.2 Å². The third-order valence-corrected chi connectivity index (χ3v) is 3.23. The third kappa shape index (κ3) is 6.48. The average molecular weight is 315 g/mol. The molecule has 0 radical (unpaired) electrons. The fourth-order valence-corrected chi connectivity index (χ4v) is 2.08.